The van der Waals surface area contributed by atoms with Crippen molar-refractivity contribution in [3.05, 3.63) is 0 Å². The Balaban J connectivity index is 1.82. The van der Waals surface area contributed by atoms with Gasteiger partial charge in [0.25, 0.3) is 0 Å². The molecule has 1 atom stereocenters. The summed E-state index contributed by atoms with van der Waals surface area (Å²) in [6.45, 7) is 9.38. The van der Waals surface area contributed by atoms with E-state index in [0.717, 1.165) is 32.6 Å². The molecule has 5 nitrogen and oxygen atoms in total. The summed E-state index contributed by atoms with van der Waals surface area (Å²) in [6, 6.07) is 0. The maximum absolute atomic E-state index is 12.2. The highest BCUT2D eigenvalue weighted by atomic mass is 16.5. The van der Waals surface area contributed by atoms with Crippen molar-refractivity contribution < 1.29 is 14.3 Å². The molecule has 2 amide bonds. The molecule has 0 aromatic rings. The first kappa shape index (κ1) is 15.3. The predicted molar refractivity (Wildman–Crippen MR) is 76.1 cm³/mol. The second kappa shape index (κ2) is 6.12. The van der Waals surface area contributed by atoms with Crippen LogP contribution in [-0.2, 0) is 14.3 Å². The van der Waals surface area contributed by atoms with E-state index in [-0.39, 0.29) is 29.1 Å². The van der Waals surface area contributed by atoms with Gasteiger partial charge in [0.05, 0.1) is 19.1 Å². The van der Waals surface area contributed by atoms with E-state index in [1.165, 1.54) is 0 Å². The van der Waals surface area contributed by atoms with Crippen LogP contribution < -0.4 is 5.32 Å². The van der Waals surface area contributed by atoms with Gasteiger partial charge in [0, 0.05) is 31.0 Å². The van der Waals surface area contributed by atoms with E-state index < -0.39 is 0 Å². The topological polar surface area (TPSA) is 58.6 Å². The summed E-state index contributed by atoms with van der Waals surface area (Å²) >= 11 is 0. The van der Waals surface area contributed by atoms with Gasteiger partial charge in [-0.2, -0.15) is 0 Å². The van der Waals surface area contributed by atoms with Gasteiger partial charge >= 0.3 is 0 Å². The SMILES string of the molecule is CC(C)C(=O)N1CCCC(C(=O)NCC2(C)COC2)C1. The summed E-state index contributed by atoms with van der Waals surface area (Å²) < 4.78 is 5.19. The quantitative estimate of drug-likeness (QED) is 0.838. The summed E-state index contributed by atoms with van der Waals surface area (Å²) in [4.78, 5) is 26.1. The summed E-state index contributed by atoms with van der Waals surface area (Å²) in [7, 11) is 0. The van der Waals surface area contributed by atoms with Crippen LogP contribution in [0, 0.1) is 17.3 Å². The molecule has 0 bridgehead atoms. The lowest BCUT2D eigenvalue weighted by atomic mass is 9.88. The number of hydrogen-bond acceptors (Lipinski definition) is 3. The van der Waals surface area contributed by atoms with Gasteiger partial charge in [-0.25, -0.2) is 0 Å². The molecule has 2 rings (SSSR count). The zero-order valence-corrected chi connectivity index (χ0v) is 12.8. The van der Waals surface area contributed by atoms with Crippen LogP contribution in [0.25, 0.3) is 0 Å². The van der Waals surface area contributed by atoms with Gasteiger partial charge in [0.15, 0.2) is 0 Å². The van der Waals surface area contributed by atoms with Crippen molar-refractivity contribution >= 4 is 11.8 Å². The molecule has 2 aliphatic rings. The third kappa shape index (κ3) is 3.51. The first-order valence-electron chi connectivity index (χ1n) is 7.55. The lowest BCUT2D eigenvalue weighted by Gasteiger charge is -2.39. The number of amides is 2. The Bertz CT molecular complexity index is 377. The van der Waals surface area contributed by atoms with Crippen LogP contribution in [-0.4, -0.2) is 49.6 Å². The van der Waals surface area contributed by atoms with Gasteiger partial charge in [0.1, 0.15) is 0 Å². The van der Waals surface area contributed by atoms with Crippen molar-refractivity contribution in [2.45, 2.75) is 33.6 Å². The van der Waals surface area contributed by atoms with Crippen LogP contribution in [0.4, 0.5) is 0 Å². The fraction of sp³-hybridized carbons (Fsp3) is 0.867. The smallest absolute Gasteiger partial charge is 0.225 e. The molecule has 1 unspecified atom stereocenters. The van der Waals surface area contributed by atoms with E-state index in [2.05, 4.69) is 12.2 Å². The Morgan fingerprint density at radius 2 is 2.10 bits per heavy atom. The first-order chi connectivity index (χ1) is 9.41. The minimum Gasteiger partial charge on any atom is -0.380 e. The first-order valence-corrected chi connectivity index (χ1v) is 7.55. The van der Waals surface area contributed by atoms with Gasteiger partial charge in [-0.3, -0.25) is 9.59 Å². The summed E-state index contributed by atoms with van der Waals surface area (Å²) in [5.41, 5.74) is 0.0950. The van der Waals surface area contributed by atoms with Crippen LogP contribution in [0.5, 0.6) is 0 Å². The van der Waals surface area contributed by atoms with Crippen LogP contribution in [0.1, 0.15) is 33.6 Å². The highest BCUT2D eigenvalue weighted by Crippen LogP contribution is 2.25. The number of hydrogen-bond donors (Lipinski definition) is 1. The zero-order valence-electron chi connectivity index (χ0n) is 12.8. The van der Waals surface area contributed by atoms with Crippen LogP contribution in [0.3, 0.4) is 0 Å². The predicted octanol–water partition coefficient (Wildman–Crippen LogP) is 1.03. The fourth-order valence-electron chi connectivity index (χ4n) is 2.75. The number of nitrogens with zero attached hydrogens (tertiary/aromatic N) is 1. The number of ether oxygens (including phenoxy) is 1. The van der Waals surface area contributed by atoms with E-state index in [1.807, 2.05) is 18.7 Å². The monoisotopic (exact) mass is 282 g/mol. The van der Waals surface area contributed by atoms with E-state index in [0.29, 0.717) is 13.1 Å². The molecule has 0 spiro atoms. The molecule has 114 valence electrons. The van der Waals surface area contributed by atoms with E-state index in [4.69, 9.17) is 4.74 Å². The van der Waals surface area contributed by atoms with Gasteiger partial charge < -0.3 is 15.0 Å². The molecular weight excluding hydrogens is 256 g/mol. The van der Waals surface area contributed by atoms with Crippen molar-refractivity contribution in [1.82, 2.24) is 10.2 Å². The molecule has 2 heterocycles. The third-order valence-electron chi connectivity index (χ3n) is 4.19. The molecule has 0 aromatic heterocycles. The molecule has 0 radical (unpaired) electrons. The van der Waals surface area contributed by atoms with Crippen LogP contribution in [0.15, 0.2) is 0 Å². The summed E-state index contributed by atoms with van der Waals surface area (Å²) in [6.07, 6.45) is 1.79. The third-order valence-corrected chi connectivity index (χ3v) is 4.19. The normalized spacial score (nSPS) is 25.2. The zero-order chi connectivity index (χ0) is 14.8. The van der Waals surface area contributed by atoms with Crippen molar-refractivity contribution in [3.63, 3.8) is 0 Å². The minimum absolute atomic E-state index is 0.00264. The lowest BCUT2D eigenvalue weighted by Crippen LogP contribution is -2.52. The van der Waals surface area contributed by atoms with Crippen molar-refractivity contribution in [1.29, 1.82) is 0 Å². The molecule has 20 heavy (non-hydrogen) atoms. The lowest BCUT2D eigenvalue weighted by molar-refractivity contribution is -0.139. The average molecular weight is 282 g/mol. The van der Waals surface area contributed by atoms with Crippen molar-refractivity contribution in [2.75, 3.05) is 32.8 Å². The second-order valence-corrected chi connectivity index (χ2v) is 6.80. The van der Waals surface area contributed by atoms with Gasteiger partial charge in [0.2, 0.25) is 11.8 Å². The van der Waals surface area contributed by atoms with Crippen molar-refractivity contribution in [3.8, 4) is 0 Å². The Morgan fingerprint density at radius 1 is 1.40 bits per heavy atom. The highest BCUT2D eigenvalue weighted by Gasteiger charge is 2.35. The molecule has 0 aliphatic carbocycles. The van der Waals surface area contributed by atoms with Gasteiger partial charge in [-0.15, -0.1) is 0 Å². The van der Waals surface area contributed by atoms with E-state index in [9.17, 15) is 9.59 Å². The molecule has 0 saturated carbocycles. The second-order valence-electron chi connectivity index (χ2n) is 6.80. The largest absolute Gasteiger partial charge is 0.380 e. The molecule has 2 fully saturated rings. The van der Waals surface area contributed by atoms with Crippen molar-refractivity contribution in [2.24, 2.45) is 17.3 Å². The van der Waals surface area contributed by atoms with Crippen LogP contribution in [0.2, 0.25) is 0 Å². The number of nitrogens with one attached hydrogen (secondary N) is 1. The van der Waals surface area contributed by atoms with Gasteiger partial charge in [-0.1, -0.05) is 20.8 Å². The standard InChI is InChI=1S/C15H26N2O3/c1-11(2)14(19)17-6-4-5-12(7-17)13(18)16-8-15(3)9-20-10-15/h11-12H,4-10H2,1-3H3,(H,16,18). The summed E-state index contributed by atoms with van der Waals surface area (Å²) in [5, 5.41) is 3.03. The number of carbonyl (C=O) groups excluding carboxylic acids is 2. The average Bonchev–Trinajstić information content (AvgIpc) is 2.41. The molecule has 1 N–H and O–H groups in total. The highest BCUT2D eigenvalue weighted by molar-refractivity contribution is 5.82. The fourth-order valence-corrected chi connectivity index (χ4v) is 2.75. The number of piperidine rings is 1. The molecule has 0 aromatic carbocycles. The number of rotatable bonds is 4. The Morgan fingerprint density at radius 3 is 2.65 bits per heavy atom. The molecule has 2 aliphatic heterocycles. The maximum Gasteiger partial charge on any atom is 0.225 e. The maximum atomic E-state index is 12.2. The molecular formula is C15H26N2O3. The molecule has 5 heteroatoms. The minimum atomic E-state index is -0.0592. The Labute approximate surface area is 121 Å². The van der Waals surface area contributed by atoms with Gasteiger partial charge in [-0.05, 0) is 12.8 Å². The van der Waals surface area contributed by atoms with E-state index >= 15 is 0 Å². The Kier molecular flexibility index (Phi) is 4.68. The number of likely N-dealkylation sites (tertiary alicyclic amines) is 1. The Hall–Kier alpha value is -1.10. The van der Waals surface area contributed by atoms with Crippen LogP contribution >= 0.6 is 0 Å². The summed E-state index contributed by atoms with van der Waals surface area (Å²) in [5.74, 6) is 0.181. The number of carbonyl (C=O) groups is 2. The van der Waals surface area contributed by atoms with E-state index in [1.54, 1.807) is 0 Å². The molecule has 2 saturated heterocycles.